The standard InChI is InChI=1S/C5H7Br/c1-2-4-3-5(4)6/h2-3H2,1H3. The van der Waals surface area contributed by atoms with E-state index >= 15 is 0 Å². The lowest BCUT2D eigenvalue weighted by atomic mass is 10.4. The molecule has 0 aromatic heterocycles. The fourth-order valence-corrected chi connectivity index (χ4v) is 1.08. The van der Waals surface area contributed by atoms with Crippen molar-refractivity contribution in [1.82, 2.24) is 0 Å². The summed E-state index contributed by atoms with van der Waals surface area (Å²) in [6.07, 6.45) is 2.48. The maximum atomic E-state index is 3.39. The Balaban J connectivity index is 2.38. The molecule has 0 aliphatic heterocycles. The van der Waals surface area contributed by atoms with Crippen LogP contribution in [0.2, 0.25) is 0 Å². The number of hydrogen-bond acceptors (Lipinski definition) is 0. The lowest BCUT2D eigenvalue weighted by molar-refractivity contribution is 1.15. The van der Waals surface area contributed by atoms with Crippen molar-refractivity contribution in [3.8, 4) is 0 Å². The summed E-state index contributed by atoms with van der Waals surface area (Å²) in [7, 11) is 0. The zero-order valence-corrected chi connectivity index (χ0v) is 5.38. The van der Waals surface area contributed by atoms with Gasteiger partial charge in [-0.15, -0.1) is 0 Å². The molecule has 0 nitrogen and oxygen atoms in total. The Bertz CT molecular complexity index is 92.1. The second-order valence-corrected chi connectivity index (χ2v) is 2.50. The minimum Gasteiger partial charge on any atom is -0.0616 e. The summed E-state index contributed by atoms with van der Waals surface area (Å²) in [5.74, 6) is 0. The normalized spacial score (nSPS) is 19.0. The van der Waals surface area contributed by atoms with Gasteiger partial charge in [-0.25, -0.2) is 0 Å². The summed E-state index contributed by atoms with van der Waals surface area (Å²) < 4.78 is 1.44. The third kappa shape index (κ3) is 0.648. The maximum Gasteiger partial charge on any atom is 0.000999 e. The highest BCUT2D eigenvalue weighted by Crippen LogP contribution is 2.37. The van der Waals surface area contributed by atoms with Gasteiger partial charge in [0.1, 0.15) is 0 Å². The van der Waals surface area contributed by atoms with E-state index in [-0.39, 0.29) is 0 Å². The molecule has 0 radical (unpaired) electrons. The zero-order chi connectivity index (χ0) is 4.57. The highest BCUT2D eigenvalue weighted by Gasteiger charge is 2.14. The molecule has 0 aromatic carbocycles. The number of hydrogen-bond donors (Lipinski definition) is 0. The van der Waals surface area contributed by atoms with Crippen LogP contribution in [0.3, 0.4) is 0 Å². The molecule has 0 saturated heterocycles. The molecule has 34 valence electrons. The second-order valence-electron chi connectivity index (χ2n) is 1.54. The molecule has 0 aromatic rings. The Hall–Kier alpha value is 0.220. The van der Waals surface area contributed by atoms with E-state index in [2.05, 4.69) is 22.9 Å². The van der Waals surface area contributed by atoms with Crippen molar-refractivity contribution < 1.29 is 0 Å². The van der Waals surface area contributed by atoms with E-state index < -0.39 is 0 Å². The van der Waals surface area contributed by atoms with Gasteiger partial charge in [-0.3, -0.25) is 0 Å². The highest BCUT2D eigenvalue weighted by atomic mass is 79.9. The fraction of sp³-hybridized carbons (Fsp3) is 0.600. The summed E-state index contributed by atoms with van der Waals surface area (Å²) >= 11 is 3.39. The highest BCUT2D eigenvalue weighted by molar-refractivity contribution is 9.12. The summed E-state index contributed by atoms with van der Waals surface area (Å²) in [4.78, 5) is 0. The molecule has 0 fully saturated rings. The van der Waals surface area contributed by atoms with Gasteiger partial charge >= 0.3 is 0 Å². The van der Waals surface area contributed by atoms with Gasteiger partial charge in [0.25, 0.3) is 0 Å². The molecule has 0 unspecified atom stereocenters. The van der Waals surface area contributed by atoms with Gasteiger partial charge < -0.3 is 0 Å². The van der Waals surface area contributed by atoms with Crippen LogP contribution in [-0.4, -0.2) is 0 Å². The van der Waals surface area contributed by atoms with Gasteiger partial charge in [-0.05, 0) is 10.9 Å². The molecular formula is C5H7Br. The Morgan fingerprint density at radius 3 is 2.33 bits per heavy atom. The SMILES string of the molecule is CCC1=C(Br)C1. The number of allylic oxidation sites excluding steroid dienone is 2. The van der Waals surface area contributed by atoms with Crippen molar-refractivity contribution in [3.63, 3.8) is 0 Å². The van der Waals surface area contributed by atoms with Gasteiger partial charge in [0.15, 0.2) is 0 Å². The van der Waals surface area contributed by atoms with E-state index in [1.165, 1.54) is 17.3 Å². The van der Waals surface area contributed by atoms with Gasteiger partial charge in [-0.1, -0.05) is 28.4 Å². The van der Waals surface area contributed by atoms with Crippen molar-refractivity contribution in [2.45, 2.75) is 19.8 Å². The van der Waals surface area contributed by atoms with Crippen molar-refractivity contribution in [1.29, 1.82) is 0 Å². The first-order valence-corrected chi connectivity index (χ1v) is 3.00. The predicted molar refractivity (Wildman–Crippen MR) is 30.9 cm³/mol. The monoisotopic (exact) mass is 146 g/mol. The average molecular weight is 147 g/mol. The van der Waals surface area contributed by atoms with E-state index in [0.717, 1.165) is 0 Å². The molecule has 0 amide bonds. The van der Waals surface area contributed by atoms with Gasteiger partial charge in [-0.2, -0.15) is 0 Å². The molecule has 1 aliphatic rings. The minimum absolute atomic E-state index is 1.24. The van der Waals surface area contributed by atoms with Crippen LogP contribution in [0.5, 0.6) is 0 Å². The molecule has 0 N–H and O–H groups in total. The molecule has 0 bridgehead atoms. The lowest BCUT2D eigenvalue weighted by Gasteiger charge is -1.67. The largest absolute Gasteiger partial charge is 0.0616 e. The van der Waals surface area contributed by atoms with Crippen LogP contribution >= 0.6 is 15.9 Å². The van der Waals surface area contributed by atoms with Crippen LogP contribution in [-0.2, 0) is 0 Å². The second kappa shape index (κ2) is 1.38. The van der Waals surface area contributed by atoms with Gasteiger partial charge in [0.2, 0.25) is 0 Å². The van der Waals surface area contributed by atoms with E-state index in [9.17, 15) is 0 Å². The molecule has 6 heavy (non-hydrogen) atoms. The summed E-state index contributed by atoms with van der Waals surface area (Å²) in [6, 6.07) is 0. The maximum absolute atomic E-state index is 3.39. The van der Waals surface area contributed by atoms with E-state index in [1.54, 1.807) is 5.57 Å². The van der Waals surface area contributed by atoms with Crippen molar-refractivity contribution >= 4 is 15.9 Å². The fourth-order valence-electron chi connectivity index (χ4n) is 0.460. The Morgan fingerprint density at radius 1 is 1.83 bits per heavy atom. The molecule has 0 saturated carbocycles. The molecule has 0 spiro atoms. The van der Waals surface area contributed by atoms with Crippen LogP contribution in [0, 0.1) is 0 Å². The molecule has 1 heteroatoms. The van der Waals surface area contributed by atoms with Crippen molar-refractivity contribution in [3.05, 3.63) is 10.1 Å². The van der Waals surface area contributed by atoms with E-state index in [1.807, 2.05) is 0 Å². The Kier molecular flexibility index (Phi) is 1.00. The lowest BCUT2D eigenvalue weighted by Crippen LogP contribution is -1.47. The molecule has 1 aliphatic carbocycles. The molecule has 0 heterocycles. The van der Waals surface area contributed by atoms with E-state index in [0.29, 0.717) is 0 Å². The van der Waals surface area contributed by atoms with Crippen molar-refractivity contribution in [2.75, 3.05) is 0 Å². The smallest absolute Gasteiger partial charge is 0.000999 e. The summed E-state index contributed by atoms with van der Waals surface area (Å²) in [5, 5.41) is 0. The summed E-state index contributed by atoms with van der Waals surface area (Å²) in [5.41, 5.74) is 1.59. The van der Waals surface area contributed by atoms with Crippen molar-refractivity contribution in [2.24, 2.45) is 0 Å². The first kappa shape index (κ1) is 4.38. The van der Waals surface area contributed by atoms with Crippen LogP contribution in [0.15, 0.2) is 10.1 Å². The number of rotatable bonds is 1. The molecular weight excluding hydrogens is 140 g/mol. The third-order valence-electron chi connectivity index (χ3n) is 1.05. The molecule has 1 rings (SSSR count). The zero-order valence-electron chi connectivity index (χ0n) is 3.79. The topological polar surface area (TPSA) is 0 Å². The molecule has 0 atom stereocenters. The van der Waals surface area contributed by atoms with Crippen LogP contribution in [0.1, 0.15) is 19.8 Å². The predicted octanol–water partition coefficient (Wildman–Crippen LogP) is 2.45. The van der Waals surface area contributed by atoms with Crippen LogP contribution in [0.4, 0.5) is 0 Å². The first-order valence-electron chi connectivity index (χ1n) is 2.21. The number of halogens is 1. The summed E-state index contributed by atoms with van der Waals surface area (Å²) in [6.45, 7) is 2.18. The van der Waals surface area contributed by atoms with Crippen LogP contribution < -0.4 is 0 Å². The van der Waals surface area contributed by atoms with Crippen LogP contribution in [0.25, 0.3) is 0 Å². The van der Waals surface area contributed by atoms with Gasteiger partial charge in [0.05, 0.1) is 0 Å². The minimum atomic E-state index is 1.24. The first-order chi connectivity index (χ1) is 2.84. The Labute approximate surface area is 46.4 Å². The quantitative estimate of drug-likeness (QED) is 0.534. The third-order valence-corrected chi connectivity index (χ3v) is 1.90. The van der Waals surface area contributed by atoms with Gasteiger partial charge in [0, 0.05) is 6.42 Å². The van der Waals surface area contributed by atoms with E-state index in [4.69, 9.17) is 0 Å². The Morgan fingerprint density at radius 2 is 2.33 bits per heavy atom. The average Bonchev–Trinajstić information content (AvgIpc) is 2.19.